The average molecular weight is 251 g/mol. The van der Waals surface area contributed by atoms with Crippen LogP contribution >= 0.6 is 11.8 Å². The van der Waals surface area contributed by atoms with Crippen LogP contribution in [0.15, 0.2) is 18.5 Å². The summed E-state index contributed by atoms with van der Waals surface area (Å²) in [6.07, 6.45) is 3.98. The van der Waals surface area contributed by atoms with E-state index in [9.17, 15) is 4.79 Å². The highest BCUT2D eigenvalue weighted by atomic mass is 32.2. The van der Waals surface area contributed by atoms with Crippen LogP contribution in [0.25, 0.3) is 0 Å². The van der Waals surface area contributed by atoms with Crippen LogP contribution in [0.1, 0.15) is 12.0 Å². The van der Waals surface area contributed by atoms with E-state index in [1.807, 2.05) is 24.8 Å². The van der Waals surface area contributed by atoms with Gasteiger partial charge in [-0.15, -0.1) is 0 Å². The van der Waals surface area contributed by atoms with Gasteiger partial charge in [-0.1, -0.05) is 0 Å². The zero-order chi connectivity index (χ0) is 12.1. The van der Waals surface area contributed by atoms with Crippen molar-refractivity contribution < 1.29 is 4.79 Å². The number of anilines is 1. The Morgan fingerprint density at radius 1 is 1.65 bits per heavy atom. The Morgan fingerprint density at radius 2 is 2.53 bits per heavy atom. The molecule has 4 nitrogen and oxygen atoms in total. The van der Waals surface area contributed by atoms with Gasteiger partial charge in [0, 0.05) is 36.7 Å². The van der Waals surface area contributed by atoms with Crippen molar-refractivity contribution in [2.24, 2.45) is 0 Å². The summed E-state index contributed by atoms with van der Waals surface area (Å²) >= 11 is 1.90. The van der Waals surface area contributed by atoms with E-state index in [1.54, 1.807) is 12.4 Å². The van der Waals surface area contributed by atoms with Gasteiger partial charge < -0.3 is 10.6 Å². The molecule has 1 aromatic rings. The molecular formula is C12H17N3OS. The molecule has 92 valence electrons. The molecule has 0 bridgehead atoms. The normalized spacial score (nSPS) is 19.9. The maximum absolute atomic E-state index is 11.8. The molecule has 1 saturated heterocycles. The quantitative estimate of drug-likeness (QED) is 0.853. The molecule has 1 aliphatic rings. The molecule has 0 radical (unpaired) electrons. The molecule has 1 atom stereocenters. The lowest BCUT2D eigenvalue weighted by Crippen LogP contribution is -2.39. The molecule has 1 unspecified atom stereocenters. The predicted octanol–water partition coefficient (Wildman–Crippen LogP) is 1.42. The minimum Gasteiger partial charge on any atom is -0.325 e. The minimum absolute atomic E-state index is 0.0531. The Kier molecular flexibility index (Phi) is 4.39. The summed E-state index contributed by atoms with van der Waals surface area (Å²) in [6.45, 7) is 2.95. The number of aromatic nitrogens is 1. The van der Waals surface area contributed by atoms with Crippen LogP contribution in [0.2, 0.25) is 0 Å². The van der Waals surface area contributed by atoms with Crippen LogP contribution in [-0.2, 0) is 4.79 Å². The van der Waals surface area contributed by atoms with Gasteiger partial charge >= 0.3 is 0 Å². The van der Waals surface area contributed by atoms with Crippen LogP contribution in [0, 0.1) is 6.92 Å². The zero-order valence-electron chi connectivity index (χ0n) is 9.90. The number of nitrogens with one attached hydrogen (secondary N) is 2. The monoisotopic (exact) mass is 251 g/mol. The van der Waals surface area contributed by atoms with E-state index in [0.717, 1.165) is 29.3 Å². The summed E-state index contributed by atoms with van der Waals surface area (Å²) in [5.74, 6) is 2.21. The number of nitrogens with zero attached hydrogens (tertiary/aromatic N) is 1. The summed E-state index contributed by atoms with van der Waals surface area (Å²) in [5, 5.41) is 6.23. The van der Waals surface area contributed by atoms with Crippen molar-refractivity contribution in [3.8, 4) is 0 Å². The Bertz CT molecular complexity index is 391. The molecule has 2 rings (SSSR count). The molecule has 2 heterocycles. The number of thioether (sulfide) groups is 1. The lowest BCUT2D eigenvalue weighted by molar-refractivity contribution is -0.116. The van der Waals surface area contributed by atoms with Crippen LogP contribution in [0.4, 0.5) is 5.69 Å². The lowest BCUT2D eigenvalue weighted by Gasteiger charge is -2.22. The number of hydrogen-bond acceptors (Lipinski definition) is 4. The summed E-state index contributed by atoms with van der Waals surface area (Å²) in [4.78, 5) is 15.9. The van der Waals surface area contributed by atoms with Gasteiger partial charge in [-0.25, -0.2) is 0 Å². The molecular weight excluding hydrogens is 234 g/mol. The molecule has 5 heteroatoms. The van der Waals surface area contributed by atoms with Crippen molar-refractivity contribution >= 4 is 23.4 Å². The highest BCUT2D eigenvalue weighted by Gasteiger charge is 2.16. The highest BCUT2D eigenvalue weighted by molar-refractivity contribution is 7.99. The maximum atomic E-state index is 11.8. The van der Waals surface area contributed by atoms with Gasteiger partial charge in [0.1, 0.15) is 0 Å². The van der Waals surface area contributed by atoms with E-state index in [1.165, 1.54) is 0 Å². The second kappa shape index (κ2) is 6.02. The Balaban J connectivity index is 1.84. The van der Waals surface area contributed by atoms with E-state index in [4.69, 9.17) is 0 Å². The molecule has 1 amide bonds. The molecule has 2 N–H and O–H groups in total. The third-order valence-electron chi connectivity index (χ3n) is 2.59. The van der Waals surface area contributed by atoms with Gasteiger partial charge in [0.25, 0.3) is 0 Å². The van der Waals surface area contributed by atoms with Gasteiger partial charge in [-0.3, -0.25) is 9.78 Å². The maximum Gasteiger partial charge on any atom is 0.226 e. The summed E-state index contributed by atoms with van der Waals surface area (Å²) in [6, 6.07) is 2.22. The second-order valence-electron chi connectivity index (χ2n) is 4.23. The molecule has 17 heavy (non-hydrogen) atoms. The molecule has 1 aliphatic heterocycles. The van der Waals surface area contributed by atoms with Gasteiger partial charge in [0.05, 0.1) is 11.9 Å². The van der Waals surface area contributed by atoms with Crippen molar-refractivity contribution in [3.05, 3.63) is 24.0 Å². The largest absolute Gasteiger partial charge is 0.325 e. The number of hydrogen-bond donors (Lipinski definition) is 2. The highest BCUT2D eigenvalue weighted by Crippen LogP contribution is 2.12. The third kappa shape index (κ3) is 4.02. The first-order chi connectivity index (χ1) is 8.24. The Morgan fingerprint density at radius 3 is 3.24 bits per heavy atom. The number of aryl methyl sites for hydroxylation is 1. The van der Waals surface area contributed by atoms with Crippen molar-refractivity contribution in [1.29, 1.82) is 0 Å². The van der Waals surface area contributed by atoms with Crippen LogP contribution in [0.3, 0.4) is 0 Å². The zero-order valence-corrected chi connectivity index (χ0v) is 10.7. The topological polar surface area (TPSA) is 54.0 Å². The molecule has 0 saturated carbocycles. The summed E-state index contributed by atoms with van der Waals surface area (Å²) in [5.41, 5.74) is 1.83. The fourth-order valence-corrected chi connectivity index (χ4v) is 2.76. The van der Waals surface area contributed by atoms with Crippen molar-refractivity contribution in [3.63, 3.8) is 0 Å². The molecule has 1 aromatic heterocycles. The van der Waals surface area contributed by atoms with Crippen molar-refractivity contribution in [2.45, 2.75) is 19.4 Å². The van der Waals surface area contributed by atoms with Gasteiger partial charge in [0.2, 0.25) is 5.91 Å². The Hall–Kier alpha value is -1.07. The van der Waals surface area contributed by atoms with E-state index >= 15 is 0 Å². The molecule has 0 spiro atoms. The van der Waals surface area contributed by atoms with Gasteiger partial charge in [0.15, 0.2) is 0 Å². The first-order valence-electron chi connectivity index (χ1n) is 5.76. The lowest BCUT2D eigenvalue weighted by atomic mass is 10.2. The molecule has 1 fully saturated rings. The Labute approximate surface area is 106 Å². The second-order valence-corrected chi connectivity index (χ2v) is 5.38. The average Bonchev–Trinajstić information content (AvgIpc) is 2.30. The number of carbonyl (C=O) groups excluding carboxylic acids is 1. The SMILES string of the molecule is Cc1cncc(NC(=O)CC2CSCCN2)c1. The molecule has 0 aliphatic carbocycles. The van der Waals surface area contributed by atoms with Crippen LogP contribution < -0.4 is 10.6 Å². The van der Waals surface area contributed by atoms with Crippen LogP contribution in [0.5, 0.6) is 0 Å². The number of amides is 1. The first kappa shape index (κ1) is 12.4. The number of pyridine rings is 1. The third-order valence-corrected chi connectivity index (χ3v) is 3.72. The van der Waals surface area contributed by atoms with E-state index < -0.39 is 0 Å². The predicted molar refractivity (Wildman–Crippen MR) is 71.3 cm³/mol. The fourth-order valence-electron chi connectivity index (χ4n) is 1.81. The van der Waals surface area contributed by atoms with Gasteiger partial charge in [-0.05, 0) is 18.6 Å². The fraction of sp³-hybridized carbons (Fsp3) is 0.500. The number of rotatable bonds is 3. The standard InChI is InChI=1S/C12H17N3OS/c1-9-4-10(7-13-6-9)15-12(16)5-11-8-17-3-2-14-11/h4,6-7,11,14H,2-3,5,8H2,1H3,(H,15,16). The van der Waals surface area contributed by atoms with E-state index in [2.05, 4.69) is 15.6 Å². The smallest absolute Gasteiger partial charge is 0.226 e. The van der Waals surface area contributed by atoms with Crippen molar-refractivity contribution in [2.75, 3.05) is 23.4 Å². The van der Waals surface area contributed by atoms with E-state index in [-0.39, 0.29) is 5.91 Å². The summed E-state index contributed by atoms with van der Waals surface area (Å²) < 4.78 is 0. The summed E-state index contributed by atoms with van der Waals surface area (Å²) in [7, 11) is 0. The van der Waals surface area contributed by atoms with E-state index in [0.29, 0.717) is 12.5 Å². The van der Waals surface area contributed by atoms with Crippen molar-refractivity contribution in [1.82, 2.24) is 10.3 Å². The van der Waals surface area contributed by atoms with Gasteiger partial charge in [-0.2, -0.15) is 11.8 Å². The first-order valence-corrected chi connectivity index (χ1v) is 6.92. The number of carbonyl (C=O) groups is 1. The van der Waals surface area contributed by atoms with Crippen LogP contribution in [-0.4, -0.2) is 35.0 Å². The molecule has 0 aromatic carbocycles. The minimum atomic E-state index is 0.0531.